The van der Waals surface area contributed by atoms with Crippen LogP contribution in [0.4, 0.5) is 0 Å². The van der Waals surface area contributed by atoms with Crippen LogP contribution in [0.2, 0.25) is 0 Å². The summed E-state index contributed by atoms with van der Waals surface area (Å²) in [4.78, 5) is 4.48. The molecule has 2 aromatic rings. The van der Waals surface area contributed by atoms with E-state index in [0.717, 1.165) is 0 Å². The molecule has 1 unspecified atom stereocenters. The summed E-state index contributed by atoms with van der Waals surface area (Å²) < 4.78 is 32.1. The number of hydrogen-bond donors (Lipinski definition) is 2. The highest BCUT2D eigenvalue weighted by molar-refractivity contribution is 7.89. The Bertz CT molecular complexity index is 660. The second kappa shape index (κ2) is 5.41. The fraction of sp³-hybridized carbons (Fsp3) is 0.364. The average Bonchev–Trinajstić information content (AvgIpc) is 2.96. The summed E-state index contributed by atoms with van der Waals surface area (Å²) in [7, 11) is -3.70. The molecule has 0 aliphatic rings. The minimum atomic E-state index is -3.70. The van der Waals surface area contributed by atoms with Gasteiger partial charge in [-0.2, -0.15) is 4.72 Å². The molecule has 0 aliphatic heterocycles. The molecule has 0 amide bonds. The van der Waals surface area contributed by atoms with Gasteiger partial charge in [-0.1, -0.05) is 0 Å². The number of nitrogens with zero attached hydrogens (tertiary/aromatic N) is 1. The van der Waals surface area contributed by atoms with Crippen LogP contribution < -0.4 is 4.72 Å². The zero-order valence-corrected chi connectivity index (χ0v) is 12.1. The van der Waals surface area contributed by atoms with Crippen LogP contribution in [0.1, 0.15) is 29.5 Å². The smallest absolute Gasteiger partial charge is 0.242 e. The van der Waals surface area contributed by atoms with Crippen molar-refractivity contribution in [1.29, 1.82) is 0 Å². The van der Waals surface area contributed by atoms with E-state index in [2.05, 4.69) is 9.71 Å². The molecule has 0 aliphatic carbocycles. The van der Waals surface area contributed by atoms with Gasteiger partial charge in [-0.25, -0.2) is 13.4 Å². The summed E-state index contributed by atoms with van der Waals surface area (Å²) in [6.07, 6.45) is 1.53. The lowest BCUT2D eigenvalue weighted by atomic mass is 10.4. The number of aliphatic hydroxyl groups is 1. The van der Waals surface area contributed by atoms with Crippen molar-refractivity contribution in [3.8, 4) is 0 Å². The van der Waals surface area contributed by atoms with Gasteiger partial charge in [0, 0.05) is 4.88 Å². The maximum Gasteiger partial charge on any atom is 0.242 e. The first-order valence-corrected chi connectivity index (χ1v) is 7.92. The summed E-state index contributed by atoms with van der Waals surface area (Å²) >= 11 is 1.20. The summed E-state index contributed by atoms with van der Waals surface area (Å²) in [5.74, 6) is 0.925. The lowest BCUT2D eigenvalue weighted by molar-refractivity contribution is 0.282. The number of aryl methyl sites for hydroxylation is 1. The predicted molar refractivity (Wildman–Crippen MR) is 70.2 cm³/mol. The maximum absolute atomic E-state index is 12.2. The minimum Gasteiger partial charge on any atom is -0.444 e. The van der Waals surface area contributed by atoms with Crippen LogP contribution >= 0.6 is 11.3 Å². The molecule has 19 heavy (non-hydrogen) atoms. The monoisotopic (exact) mass is 302 g/mol. The van der Waals surface area contributed by atoms with Gasteiger partial charge >= 0.3 is 0 Å². The van der Waals surface area contributed by atoms with Crippen molar-refractivity contribution >= 4 is 21.4 Å². The largest absolute Gasteiger partial charge is 0.444 e. The lowest BCUT2D eigenvalue weighted by Gasteiger charge is -2.11. The summed E-state index contributed by atoms with van der Waals surface area (Å²) in [6.45, 7) is 3.08. The van der Waals surface area contributed by atoms with Crippen molar-refractivity contribution in [2.75, 3.05) is 0 Å². The van der Waals surface area contributed by atoms with Gasteiger partial charge in [0.05, 0.1) is 23.7 Å². The van der Waals surface area contributed by atoms with E-state index in [1.165, 1.54) is 23.6 Å². The molecule has 2 aromatic heterocycles. The van der Waals surface area contributed by atoms with Crippen molar-refractivity contribution in [2.45, 2.75) is 31.4 Å². The quantitative estimate of drug-likeness (QED) is 0.874. The molecule has 0 radical (unpaired) electrons. The van der Waals surface area contributed by atoms with E-state index in [1.54, 1.807) is 19.2 Å². The predicted octanol–water partition coefficient (Wildman–Crippen LogP) is 1.58. The van der Waals surface area contributed by atoms with Crippen LogP contribution in [0.25, 0.3) is 0 Å². The molecule has 8 heteroatoms. The zero-order valence-electron chi connectivity index (χ0n) is 10.5. The third-order valence-electron chi connectivity index (χ3n) is 2.48. The highest BCUT2D eigenvalue weighted by Gasteiger charge is 2.24. The lowest BCUT2D eigenvalue weighted by Crippen LogP contribution is -2.27. The fourth-order valence-corrected chi connectivity index (χ4v) is 4.09. The Morgan fingerprint density at radius 3 is 2.89 bits per heavy atom. The standard InChI is InChI=1S/C11H14N2O4S2/c1-7-5-12-11(17-7)8(2)13-19(15,16)10-3-4-18-9(10)6-14/h3-5,8,13-14H,6H2,1-2H3. The zero-order chi connectivity index (χ0) is 14.0. The second-order valence-electron chi connectivity index (χ2n) is 4.02. The molecule has 2 heterocycles. The Morgan fingerprint density at radius 1 is 1.58 bits per heavy atom. The molecule has 0 saturated carbocycles. The van der Waals surface area contributed by atoms with E-state index in [9.17, 15) is 8.42 Å². The summed E-state index contributed by atoms with van der Waals surface area (Å²) in [6, 6.07) is 0.886. The van der Waals surface area contributed by atoms with Gasteiger partial charge in [0.15, 0.2) is 0 Å². The molecule has 0 spiro atoms. The summed E-state index contributed by atoms with van der Waals surface area (Å²) in [5.41, 5.74) is 0. The SMILES string of the molecule is Cc1cnc(C(C)NS(=O)(=O)c2ccsc2CO)o1. The van der Waals surface area contributed by atoms with Crippen molar-refractivity contribution < 1.29 is 17.9 Å². The van der Waals surface area contributed by atoms with Gasteiger partial charge in [0.25, 0.3) is 0 Å². The molecule has 0 bridgehead atoms. The molecule has 1 atom stereocenters. The van der Waals surface area contributed by atoms with Crippen LogP contribution in [0.15, 0.2) is 27.0 Å². The first-order valence-electron chi connectivity index (χ1n) is 5.56. The molecule has 0 aromatic carbocycles. The highest BCUT2D eigenvalue weighted by Crippen LogP contribution is 2.23. The number of thiophene rings is 1. The number of nitrogens with one attached hydrogen (secondary N) is 1. The Hall–Kier alpha value is -1.22. The van der Waals surface area contributed by atoms with Crippen LogP contribution in [0, 0.1) is 6.92 Å². The molecule has 104 valence electrons. The molecular weight excluding hydrogens is 288 g/mol. The molecular formula is C11H14N2O4S2. The van der Waals surface area contributed by atoms with Crippen molar-refractivity contribution in [2.24, 2.45) is 0 Å². The maximum atomic E-state index is 12.2. The van der Waals surface area contributed by atoms with Crippen LogP contribution in [-0.2, 0) is 16.6 Å². The van der Waals surface area contributed by atoms with Crippen molar-refractivity contribution in [3.05, 3.63) is 34.2 Å². The van der Waals surface area contributed by atoms with Gasteiger partial charge in [-0.3, -0.25) is 0 Å². The first kappa shape index (κ1) is 14.2. The van der Waals surface area contributed by atoms with E-state index in [1.807, 2.05) is 0 Å². The van der Waals surface area contributed by atoms with Crippen molar-refractivity contribution in [1.82, 2.24) is 9.71 Å². The topological polar surface area (TPSA) is 92.4 Å². The van der Waals surface area contributed by atoms with E-state index in [4.69, 9.17) is 9.52 Å². The van der Waals surface area contributed by atoms with E-state index < -0.39 is 16.1 Å². The van der Waals surface area contributed by atoms with Gasteiger partial charge in [0.1, 0.15) is 5.76 Å². The van der Waals surface area contributed by atoms with Crippen LogP contribution in [0.3, 0.4) is 0 Å². The Kier molecular flexibility index (Phi) is 4.04. The molecule has 0 fully saturated rings. The number of hydrogen-bond acceptors (Lipinski definition) is 6. The number of oxazole rings is 1. The number of aromatic nitrogens is 1. The van der Waals surface area contributed by atoms with E-state index in [0.29, 0.717) is 16.5 Å². The van der Waals surface area contributed by atoms with E-state index in [-0.39, 0.29) is 11.5 Å². The number of rotatable bonds is 5. The van der Waals surface area contributed by atoms with Gasteiger partial charge in [-0.05, 0) is 25.3 Å². The highest BCUT2D eigenvalue weighted by atomic mass is 32.2. The van der Waals surface area contributed by atoms with Gasteiger partial charge < -0.3 is 9.52 Å². The molecule has 2 N–H and O–H groups in total. The molecule has 0 saturated heterocycles. The minimum absolute atomic E-state index is 0.0927. The number of sulfonamides is 1. The first-order chi connectivity index (χ1) is 8.94. The Labute approximate surface area is 115 Å². The van der Waals surface area contributed by atoms with Crippen LogP contribution in [-0.4, -0.2) is 18.5 Å². The Morgan fingerprint density at radius 2 is 2.32 bits per heavy atom. The van der Waals surface area contributed by atoms with Gasteiger partial charge in [-0.15, -0.1) is 11.3 Å². The molecule has 2 rings (SSSR count). The number of aliphatic hydroxyl groups excluding tert-OH is 1. The van der Waals surface area contributed by atoms with Crippen molar-refractivity contribution in [3.63, 3.8) is 0 Å². The third-order valence-corrected chi connectivity index (χ3v) is 5.14. The third kappa shape index (κ3) is 3.03. The normalized spacial score (nSPS) is 13.6. The fourth-order valence-electron chi connectivity index (χ4n) is 1.60. The second-order valence-corrected chi connectivity index (χ2v) is 6.70. The van der Waals surface area contributed by atoms with E-state index >= 15 is 0 Å². The summed E-state index contributed by atoms with van der Waals surface area (Å²) in [5, 5.41) is 10.7. The Balaban J connectivity index is 2.22. The van der Waals surface area contributed by atoms with Gasteiger partial charge in [0.2, 0.25) is 15.9 Å². The van der Waals surface area contributed by atoms with Crippen LogP contribution in [0.5, 0.6) is 0 Å². The molecule has 6 nitrogen and oxygen atoms in total. The average molecular weight is 302 g/mol.